The summed E-state index contributed by atoms with van der Waals surface area (Å²) < 4.78 is 5.39. The number of para-hydroxylation sites is 1. The maximum Gasteiger partial charge on any atom is 0.238 e. The molecule has 158 valence electrons. The molecule has 0 spiro atoms. The molecular weight excluding hydrogens is 376 g/mol. The number of hydrogen-bond donors (Lipinski definition) is 1. The fourth-order valence-electron chi connectivity index (χ4n) is 3.59. The Labute approximate surface area is 179 Å². The van der Waals surface area contributed by atoms with Crippen LogP contribution in [0.15, 0.2) is 54.6 Å². The molecule has 1 amide bonds. The largest absolute Gasteiger partial charge is 0.379 e. The quantitative estimate of drug-likeness (QED) is 0.657. The van der Waals surface area contributed by atoms with E-state index in [0.29, 0.717) is 13.0 Å². The van der Waals surface area contributed by atoms with Crippen molar-refractivity contribution in [3.63, 3.8) is 0 Å². The number of morpholine rings is 1. The van der Waals surface area contributed by atoms with Crippen molar-refractivity contribution in [3.05, 3.63) is 65.7 Å². The van der Waals surface area contributed by atoms with Gasteiger partial charge in [-0.15, -0.1) is 0 Å². The summed E-state index contributed by atoms with van der Waals surface area (Å²) in [4.78, 5) is 17.2. The van der Waals surface area contributed by atoms with Gasteiger partial charge < -0.3 is 10.1 Å². The molecule has 1 saturated heterocycles. The Morgan fingerprint density at radius 2 is 1.80 bits per heavy atom. The number of anilines is 1. The molecule has 1 aliphatic heterocycles. The van der Waals surface area contributed by atoms with Crippen LogP contribution in [-0.2, 0) is 16.0 Å². The van der Waals surface area contributed by atoms with E-state index in [4.69, 9.17) is 10.00 Å². The summed E-state index contributed by atoms with van der Waals surface area (Å²) in [6, 6.07) is 20.4. The van der Waals surface area contributed by atoms with Gasteiger partial charge in [0.1, 0.15) is 0 Å². The average Bonchev–Trinajstić information content (AvgIpc) is 2.78. The summed E-state index contributed by atoms with van der Waals surface area (Å²) >= 11 is 0. The van der Waals surface area contributed by atoms with E-state index in [1.807, 2.05) is 36.4 Å². The Morgan fingerprint density at radius 1 is 1.07 bits per heavy atom. The van der Waals surface area contributed by atoms with Gasteiger partial charge in [-0.05, 0) is 23.6 Å². The molecule has 2 aromatic carbocycles. The van der Waals surface area contributed by atoms with Crippen LogP contribution in [0.3, 0.4) is 0 Å². The van der Waals surface area contributed by atoms with Gasteiger partial charge >= 0.3 is 0 Å². The average molecular weight is 407 g/mol. The third-order valence-corrected chi connectivity index (χ3v) is 5.27. The summed E-state index contributed by atoms with van der Waals surface area (Å²) in [5, 5.41) is 12.1. The molecule has 0 saturated carbocycles. The van der Waals surface area contributed by atoms with Gasteiger partial charge in [0.05, 0.1) is 25.8 Å². The Morgan fingerprint density at radius 3 is 2.57 bits per heavy atom. The predicted octanol–water partition coefficient (Wildman–Crippen LogP) is 2.76. The van der Waals surface area contributed by atoms with Crippen LogP contribution in [0.2, 0.25) is 0 Å². The van der Waals surface area contributed by atoms with Gasteiger partial charge in [-0.3, -0.25) is 14.6 Å². The smallest absolute Gasteiger partial charge is 0.238 e. The highest BCUT2D eigenvalue weighted by Gasteiger charge is 2.15. The molecule has 1 fully saturated rings. The summed E-state index contributed by atoms with van der Waals surface area (Å²) in [7, 11) is 0. The standard InChI is InChI=1S/C24H30N4O2/c25-11-6-12-28(14-13-27-15-17-30-18-16-27)20-24(29)26-23-10-5-4-9-22(23)19-21-7-2-1-3-8-21/h1-5,7-10H,6,12-20H2,(H,26,29). The number of ether oxygens (including phenoxy) is 1. The van der Waals surface area contributed by atoms with Crippen molar-refractivity contribution < 1.29 is 9.53 Å². The molecule has 0 unspecified atom stereocenters. The topological polar surface area (TPSA) is 68.6 Å². The van der Waals surface area contributed by atoms with E-state index in [1.54, 1.807) is 0 Å². The number of carbonyl (C=O) groups excluding carboxylic acids is 1. The van der Waals surface area contributed by atoms with Gasteiger partial charge in [0, 0.05) is 44.8 Å². The molecule has 1 aliphatic rings. The van der Waals surface area contributed by atoms with E-state index in [9.17, 15) is 4.79 Å². The molecule has 0 aromatic heterocycles. The van der Waals surface area contributed by atoms with Crippen LogP contribution in [0.25, 0.3) is 0 Å². The summed E-state index contributed by atoms with van der Waals surface area (Å²) in [6.07, 6.45) is 1.19. The van der Waals surface area contributed by atoms with Gasteiger partial charge in [0.15, 0.2) is 0 Å². The zero-order valence-electron chi connectivity index (χ0n) is 17.4. The molecule has 0 radical (unpaired) electrons. The van der Waals surface area contributed by atoms with Gasteiger partial charge in [0.2, 0.25) is 5.91 Å². The maximum atomic E-state index is 12.8. The molecular formula is C24H30N4O2. The first kappa shape index (κ1) is 22.0. The zero-order valence-corrected chi connectivity index (χ0v) is 17.4. The minimum absolute atomic E-state index is 0.0459. The molecule has 0 bridgehead atoms. The highest BCUT2D eigenvalue weighted by Crippen LogP contribution is 2.19. The lowest BCUT2D eigenvalue weighted by molar-refractivity contribution is -0.117. The summed E-state index contributed by atoms with van der Waals surface area (Å²) in [5.41, 5.74) is 3.15. The zero-order chi connectivity index (χ0) is 21.0. The fourth-order valence-corrected chi connectivity index (χ4v) is 3.59. The van der Waals surface area contributed by atoms with Crippen LogP contribution < -0.4 is 5.32 Å². The van der Waals surface area contributed by atoms with Crippen LogP contribution in [0.1, 0.15) is 17.5 Å². The van der Waals surface area contributed by atoms with Crippen LogP contribution in [0.5, 0.6) is 0 Å². The highest BCUT2D eigenvalue weighted by atomic mass is 16.5. The van der Waals surface area contributed by atoms with Crippen molar-refractivity contribution in [2.45, 2.75) is 12.8 Å². The Hall–Kier alpha value is -2.72. The molecule has 6 nitrogen and oxygen atoms in total. The minimum Gasteiger partial charge on any atom is -0.379 e. The van der Waals surface area contributed by atoms with Crippen LogP contribution >= 0.6 is 0 Å². The minimum atomic E-state index is -0.0459. The Balaban J connectivity index is 1.57. The summed E-state index contributed by atoms with van der Waals surface area (Å²) in [5.74, 6) is -0.0459. The van der Waals surface area contributed by atoms with E-state index in [2.05, 4.69) is 39.4 Å². The maximum absolute atomic E-state index is 12.8. The first-order valence-corrected chi connectivity index (χ1v) is 10.6. The molecule has 0 atom stereocenters. The number of nitrogens with one attached hydrogen (secondary N) is 1. The van der Waals surface area contributed by atoms with Crippen molar-refractivity contribution in [2.75, 3.05) is 57.8 Å². The van der Waals surface area contributed by atoms with Crippen molar-refractivity contribution in [1.29, 1.82) is 5.26 Å². The second-order valence-electron chi connectivity index (χ2n) is 7.51. The summed E-state index contributed by atoms with van der Waals surface area (Å²) in [6.45, 7) is 5.89. The van der Waals surface area contributed by atoms with E-state index in [-0.39, 0.29) is 12.5 Å². The number of amides is 1. The van der Waals surface area contributed by atoms with Crippen LogP contribution in [0.4, 0.5) is 5.69 Å². The van der Waals surface area contributed by atoms with Crippen LogP contribution in [-0.4, -0.2) is 68.2 Å². The Bertz CT molecular complexity index is 829. The lowest BCUT2D eigenvalue weighted by Gasteiger charge is -2.29. The fraction of sp³-hybridized carbons (Fsp3) is 0.417. The van der Waals surface area contributed by atoms with E-state index >= 15 is 0 Å². The van der Waals surface area contributed by atoms with Gasteiger partial charge in [-0.25, -0.2) is 0 Å². The van der Waals surface area contributed by atoms with Crippen molar-refractivity contribution >= 4 is 11.6 Å². The number of carbonyl (C=O) groups is 1. The van der Waals surface area contributed by atoms with Crippen molar-refractivity contribution in [2.24, 2.45) is 0 Å². The first-order valence-electron chi connectivity index (χ1n) is 10.6. The third-order valence-electron chi connectivity index (χ3n) is 5.27. The molecule has 6 heteroatoms. The SMILES string of the molecule is N#CCCN(CCN1CCOCC1)CC(=O)Nc1ccccc1Cc1ccccc1. The van der Waals surface area contributed by atoms with Gasteiger partial charge in [-0.2, -0.15) is 5.26 Å². The number of rotatable bonds is 10. The molecule has 3 rings (SSSR count). The second-order valence-corrected chi connectivity index (χ2v) is 7.51. The number of hydrogen-bond acceptors (Lipinski definition) is 5. The lowest BCUT2D eigenvalue weighted by atomic mass is 10.0. The second kappa shape index (κ2) is 12.1. The normalized spacial score (nSPS) is 14.4. The molecule has 1 heterocycles. The Kier molecular flexibility index (Phi) is 8.85. The van der Waals surface area contributed by atoms with E-state index in [1.165, 1.54) is 5.56 Å². The molecule has 30 heavy (non-hydrogen) atoms. The van der Waals surface area contributed by atoms with Crippen molar-refractivity contribution in [1.82, 2.24) is 9.80 Å². The first-order chi connectivity index (χ1) is 14.7. The van der Waals surface area contributed by atoms with Crippen molar-refractivity contribution in [3.8, 4) is 6.07 Å². The number of benzene rings is 2. The predicted molar refractivity (Wildman–Crippen MR) is 118 cm³/mol. The number of nitriles is 1. The lowest BCUT2D eigenvalue weighted by Crippen LogP contribution is -2.43. The van der Waals surface area contributed by atoms with E-state index in [0.717, 1.165) is 57.1 Å². The third kappa shape index (κ3) is 7.27. The van der Waals surface area contributed by atoms with E-state index < -0.39 is 0 Å². The number of nitrogens with zero attached hydrogens (tertiary/aromatic N) is 3. The molecule has 1 N–H and O–H groups in total. The molecule has 2 aromatic rings. The molecule has 0 aliphatic carbocycles. The highest BCUT2D eigenvalue weighted by molar-refractivity contribution is 5.93. The monoisotopic (exact) mass is 406 g/mol. The van der Waals surface area contributed by atoms with Gasteiger partial charge in [-0.1, -0.05) is 48.5 Å². The van der Waals surface area contributed by atoms with Crippen LogP contribution in [0, 0.1) is 11.3 Å². The van der Waals surface area contributed by atoms with Gasteiger partial charge in [0.25, 0.3) is 0 Å².